The Balaban J connectivity index is 1.68. The van der Waals surface area contributed by atoms with E-state index in [1.165, 1.54) is 24.9 Å². The van der Waals surface area contributed by atoms with Gasteiger partial charge in [0.15, 0.2) is 0 Å². The predicted octanol–water partition coefficient (Wildman–Crippen LogP) is 4.46. The third-order valence-electron chi connectivity index (χ3n) is 4.94. The van der Waals surface area contributed by atoms with Crippen LogP contribution in [0.3, 0.4) is 0 Å². The molecule has 0 spiro atoms. The maximum atomic E-state index is 12.5. The van der Waals surface area contributed by atoms with Gasteiger partial charge in [0.2, 0.25) is 0 Å². The van der Waals surface area contributed by atoms with Crippen LogP contribution >= 0.6 is 0 Å². The Morgan fingerprint density at radius 1 is 1.07 bits per heavy atom. The van der Waals surface area contributed by atoms with E-state index in [9.17, 15) is 10.1 Å². The zero-order valence-electron chi connectivity index (χ0n) is 15.7. The number of rotatable bonds is 5. The van der Waals surface area contributed by atoms with Gasteiger partial charge in [-0.05, 0) is 55.5 Å². The molecule has 27 heavy (non-hydrogen) atoms. The molecule has 0 saturated carbocycles. The van der Waals surface area contributed by atoms with Gasteiger partial charge in [-0.1, -0.05) is 42.5 Å². The number of amides is 1. The number of hydrogen-bond donors (Lipinski definition) is 1. The lowest BCUT2D eigenvalue weighted by atomic mass is 10.1. The van der Waals surface area contributed by atoms with Crippen molar-refractivity contribution in [3.8, 4) is 6.07 Å². The molecule has 0 aliphatic carbocycles. The molecule has 2 aromatic carbocycles. The molecule has 0 aromatic heterocycles. The number of nitrogens with one attached hydrogen (secondary N) is 1. The molecule has 4 nitrogen and oxygen atoms in total. The summed E-state index contributed by atoms with van der Waals surface area (Å²) in [7, 11) is 0. The van der Waals surface area contributed by atoms with E-state index in [-0.39, 0.29) is 17.5 Å². The van der Waals surface area contributed by atoms with E-state index < -0.39 is 0 Å². The van der Waals surface area contributed by atoms with Gasteiger partial charge in [-0.3, -0.25) is 4.79 Å². The Bertz CT molecular complexity index is 828. The second kappa shape index (κ2) is 9.05. The van der Waals surface area contributed by atoms with Crippen molar-refractivity contribution < 1.29 is 4.79 Å². The van der Waals surface area contributed by atoms with Crippen LogP contribution in [0.2, 0.25) is 0 Å². The molecule has 1 N–H and O–H groups in total. The summed E-state index contributed by atoms with van der Waals surface area (Å²) in [4.78, 5) is 14.9. The summed E-state index contributed by atoms with van der Waals surface area (Å²) in [5.41, 5.74) is 3.18. The maximum Gasteiger partial charge on any atom is 0.262 e. The third-order valence-corrected chi connectivity index (χ3v) is 4.94. The van der Waals surface area contributed by atoms with Crippen molar-refractivity contribution in [2.24, 2.45) is 0 Å². The molecule has 1 fully saturated rings. The van der Waals surface area contributed by atoms with E-state index in [0.717, 1.165) is 24.2 Å². The minimum Gasteiger partial charge on any atom is -0.372 e. The van der Waals surface area contributed by atoms with Crippen LogP contribution in [-0.4, -0.2) is 19.0 Å². The number of nitrogens with zero attached hydrogens (tertiary/aromatic N) is 2. The second-order valence-electron chi connectivity index (χ2n) is 6.91. The van der Waals surface area contributed by atoms with Crippen LogP contribution in [0.4, 0.5) is 5.69 Å². The van der Waals surface area contributed by atoms with Crippen molar-refractivity contribution in [1.29, 1.82) is 5.26 Å². The van der Waals surface area contributed by atoms with Gasteiger partial charge in [-0.2, -0.15) is 5.26 Å². The average Bonchev–Trinajstić information content (AvgIpc) is 2.73. The first-order valence-corrected chi connectivity index (χ1v) is 9.50. The van der Waals surface area contributed by atoms with Gasteiger partial charge < -0.3 is 10.2 Å². The molecule has 138 valence electrons. The molecule has 1 saturated heterocycles. The quantitative estimate of drug-likeness (QED) is 0.633. The summed E-state index contributed by atoms with van der Waals surface area (Å²) < 4.78 is 0. The first-order valence-electron chi connectivity index (χ1n) is 9.50. The van der Waals surface area contributed by atoms with Crippen molar-refractivity contribution in [1.82, 2.24) is 5.32 Å². The first-order chi connectivity index (χ1) is 13.2. The van der Waals surface area contributed by atoms with Crippen LogP contribution in [0, 0.1) is 11.3 Å². The standard InChI is InChI=1S/C23H25N3O/c1-18(20-8-4-2-5-9-20)25-23(27)21(17-24)16-19-10-12-22(13-11-19)26-14-6-3-7-15-26/h2,4-5,8-13,16,18H,3,6-7,14-15H2,1H3,(H,25,27). The molecule has 1 atom stereocenters. The highest BCUT2D eigenvalue weighted by Gasteiger charge is 2.14. The summed E-state index contributed by atoms with van der Waals surface area (Å²) in [5.74, 6) is -0.353. The van der Waals surface area contributed by atoms with Crippen molar-refractivity contribution >= 4 is 17.7 Å². The van der Waals surface area contributed by atoms with E-state index in [2.05, 4.69) is 22.3 Å². The number of benzene rings is 2. The Morgan fingerprint density at radius 2 is 1.74 bits per heavy atom. The molecule has 1 unspecified atom stereocenters. The lowest BCUT2D eigenvalue weighted by Crippen LogP contribution is -2.29. The smallest absolute Gasteiger partial charge is 0.262 e. The first kappa shape index (κ1) is 18.7. The van der Waals surface area contributed by atoms with E-state index in [1.54, 1.807) is 6.08 Å². The van der Waals surface area contributed by atoms with Crippen LogP contribution in [0.5, 0.6) is 0 Å². The zero-order chi connectivity index (χ0) is 19.1. The average molecular weight is 359 g/mol. The van der Waals surface area contributed by atoms with Crippen molar-refractivity contribution in [2.45, 2.75) is 32.2 Å². The highest BCUT2D eigenvalue weighted by atomic mass is 16.1. The summed E-state index contributed by atoms with van der Waals surface area (Å²) in [6.07, 6.45) is 5.42. The fourth-order valence-electron chi connectivity index (χ4n) is 3.35. The molecule has 1 heterocycles. The predicted molar refractivity (Wildman–Crippen MR) is 109 cm³/mol. The molecule has 0 bridgehead atoms. The summed E-state index contributed by atoms with van der Waals surface area (Å²) in [6.45, 7) is 4.10. The fraction of sp³-hybridized carbons (Fsp3) is 0.304. The van der Waals surface area contributed by atoms with Crippen LogP contribution in [0.15, 0.2) is 60.2 Å². The van der Waals surface area contributed by atoms with Crippen molar-refractivity contribution in [3.05, 3.63) is 71.3 Å². The Labute approximate surface area is 161 Å². The van der Waals surface area contributed by atoms with Crippen molar-refractivity contribution in [2.75, 3.05) is 18.0 Å². The molecule has 0 radical (unpaired) electrons. The lowest BCUT2D eigenvalue weighted by molar-refractivity contribution is -0.117. The van der Waals surface area contributed by atoms with Gasteiger partial charge in [-0.15, -0.1) is 0 Å². The van der Waals surface area contributed by atoms with E-state index in [0.29, 0.717) is 0 Å². The number of carbonyl (C=O) groups excluding carboxylic acids is 1. The molecule has 1 aliphatic heterocycles. The van der Waals surface area contributed by atoms with Crippen LogP contribution in [-0.2, 0) is 4.79 Å². The van der Waals surface area contributed by atoms with E-state index >= 15 is 0 Å². The van der Waals surface area contributed by atoms with Gasteiger partial charge >= 0.3 is 0 Å². The highest BCUT2D eigenvalue weighted by molar-refractivity contribution is 6.01. The van der Waals surface area contributed by atoms with E-state index in [1.807, 2.05) is 55.5 Å². The monoisotopic (exact) mass is 359 g/mol. The number of carbonyl (C=O) groups is 1. The minimum atomic E-state index is -0.353. The Morgan fingerprint density at radius 3 is 2.37 bits per heavy atom. The summed E-state index contributed by atoms with van der Waals surface area (Å²) in [6, 6.07) is 19.7. The SMILES string of the molecule is CC(NC(=O)C(C#N)=Cc1ccc(N2CCCCC2)cc1)c1ccccc1. The van der Waals surface area contributed by atoms with E-state index in [4.69, 9.17) is 0 Å². The van der Waals surface area contributed by atoms with Gasteiger partial charge in [-0.25, -0.2) is 0 Å². The normalized spacial score (nSPS) is 15.7. The number of anilines is 1. The number of hydrogen-bond acceptors (Lipinski definition) is 3. The maximum absolute atomic E-state index is 12.5. The summed E-state index contributed by atoms with van der Waals surface area (Å²) >= 11 is 0. The number of piperidine rings is 1. The molecular weight excluding hydrogens is 334 g/mol. The zero-order valence-corrected chi connectivity index (χ0v) is 15.7. The van der Waals surface area contributed by atoms with Crippen LogP contribution in [0.1, 0.15) is 43.4 Å². The number of nitriles is 1. The van der Waals surface area contributed by atoms with Crippen molar-refractivity contribution in [3.63, 3.8) is 0 Å². The molecular formula is C23H25N3O. The fourth-order valence-corrected chi connectivity index (χ4v) is 3.35. The highest BCUT2D eigenvalue weighted by Crippen LogP contribution is 2.21. The minimum absolute atomic E-state index is 0.114. The van der Waals surface area contributed by atoms with Crippen LogP contribution in [0.25, 0.3) is 6.08 Å². The Kier molecular flexibility index (Phi) is 6.27. The van der Waals surface area contributed by atoms with Gasteiger partial charge in [0, 0.05) is 18.8 Å². The molecule has 3 rings (SSSR count). The Hall–Kier alpha value is -3.06. The van der Waals surface area contributed by atoms with Gasteiger partial charge in [0.05, 0.1) is 6.04 Å². The largest absolute Gasteiger partial charge is 0.372 e. The summed E-state index contributed by atoms with van der Waals surface area (Å²) in [5, 5.41) is 12.3. The van der Waals surface area contributed by atoms with Gasteiger partial charge in [0.1, 0.15) is 11.6 Å². The lowest BCUT2D eigenvalue weighted by Gasteiger charge is -2.28. The molecule has 4 heteroatoms. The molecule has 2 aromatic rings. The topological polar surface area (TPSA) is 56.1 Å². The second-order valence-corrected chi connectivity index (χ2v) is 6.91. The van der Waals surface area contributed by atoms with Gasteiger partial charge in [0.25, 0.3) is 5.91 Å². The molecule has 1 aliphatic rings. The van der Waals surface area contributed by atoms with Crippen LogP contribution < -0.4 is 10.2 Å². The third kappa shape index (κ3) is 4.98. The molecule has 1 amide bonds.